The Hall–Kier alpha value is -1.47. The Morgan fingerprint density at radius 3 is 2.56 bits per heavy atom. The third-order valence-electron chi connectivity index (χ3n) is 9.92. The van der Waals surface area contributed by atoms with E-state index in [2.05, 4.69) is 30.7 Å². The lowest BCUT2D eigenvalue weighted by atomic mass is 9.60. The molecule has 0 heterocycles. The Morgan fingerprint density at radius 1 is 1.15 bits per heavy atom. The lowest BCUT2D eigenvalue weighted by molar-refractivity contribution is 0.0596. The zero-order valence-electron chi connectivity index (χ0n) is 24.7. The molecule has 3 fully saturated rings. The van der Waals surface area contributed by atoms with E-state index in [1.54, 1.807) is 17.7 Å². The third-order valence-corrected chi connectivity index (χ3v) is 11.5. The van der Waals surface area contributed by atoms with Crippen molar-refractivity contribution in [3.05, 3.63) is 53.1 Å². The van der Waals surface area contributed by atoms with Crippen LogP contribution in [0, 0.1) is 30.1 Å². The van der Waals surface area contributed by atoms with Crippen LogP contribution in [-0.2, 0) is 10.0 Å². The van der Waals surface area contributed by atoms with E-state index in [-0.39, 0.29) is 10.9 Å². The van der Waals surface area contributed by atoms with Gasteiger partial charge in [0.25, 0.3) is 0 Å². The van der Waals surface area contributed by atoms with Crippen molar-refractivity contribution in [3.63, 3.8) is 0 Å². The van der Waals surface area contributed by atoms with E-state index in [0.717, 1.165) is 36.3 Å². The number of rotatable bonds is 9. The highest BCUT2D eigenvalue weighted by atomic mass is 32.2. The van der Waals surface area contributed by atoms with Gasteiger partial charge < -0.3 is 10.2 Å². The number of benzene rings is 1. The largest absolute Gasteiger partial charge is 0.393 e. The van der Waals surface area contributed by atoms with Crippen LogP contribution in [0.4, 0.5) is 0 Å². The van der Waals surface area contributed by atoms with Crippen molar-refractivity contribution in [2.24, 2.45) is 23.2 Å². The van der Waals surface area contributed by atoms with Gasteiger partial charge in [-0.25, -0.2) is 13.1 Å². The average molecular weight is 558 g/mol. The quantitative estimate of drug-likeness (QED) is 0.310. The predicted molar refractivity (Wildman–Crippen MR) is 159 cm³/mol. The van der Waals surface area contributed by atoms with Crippen LogP contribution >= 0.6 is 0 Å². The highest BCUT2D eigenvalue weighted by Gasteiger charge is 2.50. The summed E-state index contributed by atoms with van der Waals surface area (Å²) in [5.74, 6) is 1.99. The number of aliphatic hydroxyl groups excluding tert-OH is 1. The van der Waals surface area contributed by atoms with Gasteiger partial charge >= 0.3 is 0 Å². The van der Waals surface area contributed by atoms with Gasteiger partial charge in [-0.05, 0) is 114 Å². The molecule has 5 nitrogen and oxygen atoms in total. The SMILES string of the molecule is Cc1ccc(S(=O)(=O)N[C@H]2C/C(=C\C=C3/CCC[C@]4(C)[C@@H]([C@H](C)CCCC(C)(C)O)CC[C@@H]34)C[C@@H](O)C2)cc1. The number of fused-ring (bicyclic) bond motifs is 1. The summed E-state index contributed by atoms with van der Waals surface area (Å²) in [6.07, 6.45) is 14.9. The molecule has 39 heavy (non-hydrogen) atoms. The average Bonchev–Trinajstić information content (AvgIpc) is 3.19. The van der Waals surface area contributed by atoms with Crippen LogP contribution in [0.3, 0.4) is 0 Å². The summed E-state index contributed by atoms with van der Waals surface area (Å²) in [6, 6.07) is 6.60. The third kappa shape index (κ3) is 7.63. The number of sulfonamides is 1. The second-order valence-electron chi connectivity index (χ2n) is 13.8. The summed E-state index contributed by atoms with van der Waals surface area (Å²) >= 11 is 0. The van der Waals surface area contributed by atoms with Gasteiger partial charge in [0.15, 0.2) is 0 Å². The molecule has 3 aliphatic carbocycles. The predicted octanol–water partition coefficient (Wildman–Crippen LogP) is 6.83. The molecule has 0 amide bonds. The molecule has 0 spiro atoms. The second-order valence-corrected chi connectivity index (χ2v) is 15.5. The molecular formula is C33H51NO4S. The van der Waals surface area contributed by atoms with Gasteiger partial charge in [0.2, 0.25) is 10.0 Å². The zero-order chi connectivity index (χ0) is 28.4. The van der Waals surface area contributed by atoms with Crippen LogP contribution < -0.4 is 4.72 Å². The molecule has 3 aliphatic rings. The molecule has 6 heteroatoms. The Kier molecular flexibility index (Phi) is 9.52. The second kappa shape index (κ2) is 12.2. The van der Waals surface area contributed by atoms with Gasteiger partial charge in [0, 0.05) is 6.04 Å². The van der Waals surface area contributed by atoms with E-state index >= 15 is 0 Å². The number of aryl methyl sites for hydroxylation is 1. The maximum atomic E-state index is 13.0. The first kappa shape index (κ1) is 30.5. The summed E-state index contributed by atoms with van der Waals surface area (Å²) in [5, 5.41) is 20.7. The van der Waals surface area contributed by atoms with Crippen molar-refractivity contribution in [1.29, 1.82) is 0 Å². The topological polar surface area (TPSA) is 86.6 Å². The van der Waals surface area contributed by atoms with E-state index in [1.165, 1.54) is 32.1 Å². The first-order chi connectivity index (χ1) is 18.3. The summed E-state index contributed by atoms with van der Waals surface area (Å²) in [7, 11) is -3.63. The minimum Gasteiger partial charge on any atom is -0.393 e. The van der Waals surface area contributed by atoms with Crippen LogP contribution in [-0.4, -0.2) is 36.4 Å². The maximum Gasteiger partial charge on any atom is 0.240 e. The van der Waals surface area contributed by atoms with Gasteiger partial charge in [-0.2, -0.15) is 0 Å². The smallest absolute Gasteiger partial charge is 0.240 e. The summed E-state index contributed by atoms with van der Waals surface area (Å²) < 4.78 is 28.8. The molecule has 0 bridgehead atoms. The molecule has 218 valence electrons. The van der Waals surface area contributed by atoms with Crippen LogP contribution in [0.1, 0.15) is 104 Å². The van der Waals surface area contributed by atoms with E-state index in [9.17, 15) is 18.6 Å². The van der Waals surface area contributed by atoms with Gasteiger partial charge in [-0.15, -0.1) is 0 Å². The molecule has 3 N–H and O–H groups in total. The van der Waals surface area contributed by atoms with Crippen LogP contribution in [0.2, 0.25) is 0 Å². The van der Waals surface area contributed by atoms with Crippen LogP contribution in [0.25, 0.3) is 0 Å². The Morgan fingerprint density at radius 2 is 1.87 bits per heavy atom. The van der Waals surface area contributed by atoms with Gasteiger partial charge in [0.05, 0.1) is 16.6 Å². The monoisotopic (exact) mass is 557 g/mol. The molecule has 4 rings (SSSR count). The normalized spacial score (nSPS) is 32.9. The molecule has 0 unspecified atom stereocenters. The molecule has 0 radical (unpaired) electrons. The fourth-order valence-corrected chi connectivity index (χ4v) is 9.17. The highest BCUT2D eigenvalue weighted by Crippen LogP contribution is 2.60. The molecule has 1 aromatic carbocycles. The van der Waals surface area contributed by atoms with Crippen molar-refractivity contribution < 1.29 is 18.6 Å². The first-order valence-corrected chi connectivity index (χ1v) is 16.6. The molecular weight excluding hydrogens is 506 g/mol. The van der Waals surface area contributed by atoms with Gasteiger partial charge in [-0.3, -0.25) is 0 Å². The van der Waals surface area contributed by atoms with Gasteiger partial charge in [0.1, 0.15) is 0 Å². The van der Waals surface area contributed by atoms with Crippen molar-refractivity contribution in [2.75, 3.05) is 0 Å². The summed E-state index contributed by atoms with van der Waals surface area (Å²) in [5.41, 5.74) is 3.43. The summed E-state index contributed by atoms with van der Waals surface area (Å²) in [6.45, 7) is 10.7. The maximum absolute atomic E-state index is 13.0. The first-order valence-electron chi connectivity index (χ1n) is 15.1. The number of hydrogen-bond donors (Lipinski definition) is 3. The van der Waals surface area contributed by atoms with Crippen LogP contribution in [0.5, 0.6) is 0 Å². The molecule has 1 aromatic rings. The fourth-order valence-electron chi connectivity index (χ4n) is 7.93. The number of hydrogen-bond acceptors (Lipinski definition) is 4. The molecule has 0 aromatic heterocycles. The fraction of sp³-hybridized carbons (Fsp3) is 0.697. The highest BCUT2D eigenvalue weighted by molar-refractivity contribution is 7.89. The van der Waals surface area contributed by atoms with E-state index in [0.29, 0.717) is 36.5 Å². The molecule has 0 aliphatic heterocycles. The van der Waals surface area contributed by atoms with E-state index in [1.807, 2.05) is 32.9 Å². The molecule has 3 saturated carbocycles. The van der Waals surface area contributed by atoms with Crippen LogP contribution in [0.15, 0.2) is 52.5 Å². The molecule has 6 atom stereocenters. The number of nitrogens with one attached hydrogen (secondary N) is 1. The Labute approximate surface area is 237 Å². The van der Waals surface area contributed by atoms with Gasteiger partial charge in [-0.1, -0.05) is 67.7 Å². The Balaban J connectivity index is 1.42. The molecule has 0 saturated heterocycles. The standard InChI is InChI=1S/C33H51NO4S/c1-23-10-14-29(15-11-23)39(37,38)34-27-20-25(21-28(35)22-27)12-13-26-9-7-19-33(5)30(16-17-31(26)33)24(2)8-6-18-32(3,4)36/h10-15,24,27-28,30-31,34-36H,6-9,16-22H2,1-5H3/b25-12+,26-13+/t24-,27+,28-,30-,31+,33-/m1/s1. The minimum atomic E-state index is -3.63. The number of aliphatic hydroxyl groups is 2. The minimum absolute atomic E-state index is 0.271. The Bertz CT molecular complexity index is 1150. The van der Waals surface area contributed by atoms with E-state index in [4.69, 9.17) is 0 Å². The lowest BCUT2D eigenvalue weighted by Crippen LogP contribution is -2.40. The van der Waals surface area contributed by atoms with Crippen molar-refractivity contribution in [3.8, 4) is 0 Å². The number of allylic oxidation sites excluding steroid dienone is 3. The zero-order valence-corrected chi connectivity index (χ0v) is 25.6. The van der Waals surface area contributed by atoms with E-state index < -0.39 is 21.7 Å². The lowest BCUT2D eigenvalue weighted by Gasteiger charge is -2.44. The van der Waals surface area contributed by atoms with Crippen molar-refractivity contribution >= 4 is 10.0 Å². The van der Waals surface area contributed by atoms with Crippen molar-refractivity contribution in [1.82, 2.24) is 4.72 Å². The summed E-state index contributed by atoms with van der Waals surface area (Å²) in [4.78, 5) is 0.271. The van der Waals surface area contributed by atoms with Crippen molar-refractivity contribution in [2.45, 2.75) is 128 Å².